The Balaban J connectivity index is 1.61. The Hall–Kier alpha value is -2.52. The topological polar surface area (TPSA) is 88.9 Å². The highest BCUT2D eigenvalue weighted by Crippen LogP contribution is 2.29. The lowest BCUT2D eigenvalue weighted by Crippen LogP contribution is -2.24. The number of thioether (sulfide) groups is 1. The van der Waals surface area contributed by atoms with Gasteiger partial charge in [0.15, 0.2) is 11.0 Å². The van der Waals surface area contributed by atoms with Crippen LogP contribution in [0.2, 0.25) is 15.1 Å². The van der Waals surface area contributed by atoms with Crippen LogP contribution in [0.5, 0.6) is 0 Å². The summed E-state index contributed by atoms with van der Waals surface area (Å²) in [6, 6.07) is 11.6. The van der Waals surface area contributed by atoms with E-state index in [1.807, 2.05) is 0 Å². The van der Waals surface area contributed by atoms with Gasteiger partial charge in [-0.05, 0) is 36.4 Å². The van der Waals surface area contributed by atoms with E-state index in [4.69, 9.17) is 34.8 Å². The Labute approximate surface area is 204 Å². The molecule has 0 spiro atoms. The maximum absolute atomic E-state index is 12.3. The molecule has 166 valence electrons. The van der Waals surface area contributed by atoms with Gasteiger partial charge in [0.2, 0.25) is 5.91 Å². The fourth-order valence-electron chi connectivity index (χ4n) is 2.65. The van der Waals surface area contributed by atoms with Crippen LogP contribution in [0.25, 0.3) is 0 Å². The van der Waals surface area contributed by atoms with Crippen LogP contribution in [0.1, 0.15) is 16.2 Å². The molecule has 2 N–H and O–H groups in total. The molecule has 0 atom stereocenters. The largest absolute Gasteiger partial charge is 0.345 e. The van der Waals surface area contributed by atoms with Crippen LogP contribution in [-0.4, -0.2) is 32.3 Å². The van der Waals surface area contributed by atoms with Crippen LogP contribution in [0.15, 0.2) is 60.3 Å². The number of nitrogens with zero attached hydrogens (tertiary/aromatic N) is 3. The third-order valence-corrected chi connectivity index (χ3v) is 6.21. The molecule has 11 heteroatoms. The second-order valence-corrected chi connectivity index (χ2v) is 8.59. The predicted molar refractivity (Wildman–Crippen MR) is 129 cm³/mol. The number of amides is 2. The lowest BCUT2D eigenvalue weighted by molar-refractivity contribution is -0.113. The van der Waals surface area contributed by atoms with E-state index in [0.717, 1.165) is 0 Å². The minimum absolute atomic E-state index is 0.0786. The van der Waals surface area contributed by atoms with Crippen molar-refractivity contribution in [2.24, 2.45) is 0 Å². The minimum Gasteiger partial charge on any atom is -0.345 e. The fourth-order valence-corrected chi connectivity index (χ4v) is 3.89. The number of carbonyl (C=O) groups is 2. The van der Waals surface area contributed by atoms with Crippen molar-refractivity contribution >= 4 is 64.1 Å². The third-order valence-electron chi connectivity index (χ3n) is 4.18. The maximum Gasteiger partial charge on any atom is 0.251 e. The highest BCUT2D eigenvalue weighted by Gasteiger charge is 2.16. The van der Waals surface area contributed by atoms with Gasteiger partial charge in [-0.2, -0.15) is 0 Å². The van der Waals surface area contributed by atoms with E-state index in [1.54, 1.807) is 53.1 Å². The first-order valence-corrected chi connectivity index (χ1v) is 11.4. The Morgan fingerprint density at radius 2 is 1.84 bits per heavy atom. The summed E-state index contributed by atoms with van der Waals surface area (Å²) in [6.45, 7) is 4.33. The lowest BCUT2D eigenvalue weighted by atomic mass is 10.2. The average Bonchev–Trinajstić information content (AvgIpc) is 3.16. The predicted octanol–water partition coefficient (Wildman–Crippen LogP) is 5.09. The molecule has 0 unspecified atom stereocenters. The lowest BCUT2D eigenvalue weighted by Gasteiger charge is -2.10. The van der Waals surface area contributed by atoms with E-state index in [1.165, 1.54) is 11.8 Å². The van der Waals surface area contributed by atoms with E-state index in [0.29, 0.717) is 38.8 Å². The van der Waals surface area contributed by atoms with Gasteiger partial charge in [0.25, 0.3) is 5.91 Å². The molecule has 7 nitrogen and oxygen atoms in total. The molecule has 0 aliphatic heterocycles. The smallest absolute Gasteiger partial charge is 0.251 e. The van der Waals surface area contributed by atoms with Gasteiger partial charge in [0.05, 0.1) is 28.0 Å². The molecular weight excluding hydrogens is 493 g/mol. The van der Waals surface area contributed by atoms with Crippen molar-refractivity contribution in [1.82, 2.24) is 20.1 Å². The van der Waals surface area contributed by atoms with Crippen molar-refractivity contribution in [3.63, 3.8) is 0 Å². The van der Waals surface area contributed by atoms with Crippen molar-refractivity contribution in [3.8, 4) is 0 Å². The molecule has 0 bridgehead atoms. The molecule has 0 aliphatic carbocycles. The second-order valence-electron chi connectivity index (χ2n) is 6.43. The van der Waals surface area contributed by atoms with E-state index in [2.05, 4.69) is 27.4 Å². The SMILES string of the molecule is C=CCn1c(CNC(=O)c2ccc(Cl)cc2)nnc1SCC(=O)Nc1cccc(Cl)c1Cl. The average molecular weight is 511 g/mol. The van der Waals surface area contributed by atoms with E-state index < -0.39 is 0 Å². The molecule has 3 rings (SSSR count). The molecule has 32 heavy (non-hydrogen) atoms. The van der Waals surface area contributed by atoms with Gasteiger partial charge in [-0.1, -0.05) is 58.7 Å². The van der Waals surface area contributed by atoms with Gasteiger partial charge in [-0.3, -0.25) is 9.59 Å². The van der Waals surface area contributed by atoms with Crippen LogP contribution >= 0.6 is 46.6 Å². The van der Waals surface area contributed by atoms with E-state index in [9.17, 15) is 9.59 Å². The van der Waals surface area contributed by atoms with Gasteiger partial charge in [0, 0.05) is 17.1 Å². The molecule has 0 saturated carbocycles. The molecule has 1 aromatic heterocycles. The van der Waals surface area contributed by atoms with Gasteiger partial charge in [0.1, 0.15) is 0 Å². The number of rotatable bonds is 9. The van der Waals surface area contributed by atoms with Crippen LogP contribution < -0.4 is 10.6 Å². The Morgan fingerprint density at radius 3 is 2.56 bits per heavy atom. The summed E-state index contributed by atoms with van der Waals surface area (Å²) in [6.07, 6.45) is 1.68. The van der Waals surface area contributed by atoms with Crippen molar-refractivity contribution in [2.45, 2.75) is 18.2 Å². The fraction of sp³-hybridized carbons (Fsp3) is 0.143. The number of halogens is 3. The molecule has 0 saturated heterocycles. The number of benzene rings is 2. The Kier molecular flexibility index (Phi) is 8.58. The summed E-state index contributed by atoms with van der Waals surface area (Å²) in [7, 11) is 0. The van der Waals surface area contributed by atoms with Crippen LogP contribution in [0.4, 0.5) is 5.69 Å². The zero-order valence-corrected chi connectivity index (χ0v) is 19.7. The van der Waals surface area contributed by atoms with Gasteiger partial charge in [-0.15, -0.1) is 16.8 Å². The zero-order chi connectivity index (χ0) is 23.1. The first-order valence-electron chi connectivity index (χ1n) is 9.32. The molecular formula is C21H18Cl3N5O2S. The second kappa shape index (κ2) is 11.4. The maximum atomic E-state index is 12.3. The summed E-state index contributed by atoms with van der Waals surface area (Å²) in [4.78, 5) is 24.7. The van der Waals surface area contributed by atoms with Crippen molar-refractivity contribution in [3.05, 3.63) is 81.6 Å². The molecule has 0 fully saturated rings. The summed E-state index contributed by atoms with van der Waals surface area (Å²) >= 11 is 19.1. The highest BCUT2D eigenvalue weighted by atomic mass is 35.5. The minimum atomic E-state index is -0.273. The van der Waals surface area contributed by atoms with Crippen molar-refractivity contribution in [2.75, 3.05) is 11.1 Å². The first-order chi connectivity index (χ1) is 15.4. The number of carbonyl (C=O) groups excluding carboxylic acids is 2. The molecule has 1 heterocycles. The van der Waals surface area contributed by atoms with E-state index >= 15 is 0 Å². The zero-order valence-electron chi connectivity index (χ0n) is 16.6. The Morgan fingerprint density at radius 1 is 1.09 bits per heavy atom. The summed E-state index contributed by atoms with van der Waals surface area (Å²) in [5, 5.41) is 15.5. The molecule has 0 radical (unpaired) electrons. The highest BCUT2D eigenvalue weighted by molar-refractivity contribution is 7.99. The number of anilines is 1. The normalized spacial score (nSPS) is 10.6. The molecule has 3 aromatic rings. The van der Waals surface area contributed by atoms with Crippen LogP contribution in [-0.2, 0) is 17.9 Å². The van der Waals surface area contributed by atoms with Crippen LogP contribution in [0.3, 0.4) is 0 Å². The van der Waals surface area contributed by atoms with E-state index in [-0.39, 0.29) is 29.1 Å². The number of nitrogens with one attached hydrogen (secondary N) is 2. The summed E-state index contributed by atoms with van der Waals surface area (Å²) in [5.41, 5.74) is 0.915. The van der Waals surface area contributed by atoms with Gasteiger partial charge >= 0.3 is 0 Å². The quantitative estimate of drug-likeness (QED) is 0.309. The van der Waals surface area contributed by atoms with Crippen molar-refractivity contribution < 1.29 is 9.59 Å². The van der Waals surface area contributed by atoms with Crippen LogP contribution in [0, 0.1) is 0 Å². The first kappa shape index (κ1) is 24.1. The number of allylic oxidation sites excluding steroid dienone is 1. The monoisotopic (exact) mass is 509 g/mol. The number of aromatic nitrogens is 3. The third kappa shape index (κ3) is 6.26. The van der Waals surface area contributed by atoms with Gasteiger partial charge < -0.3 is 15.2 Å². The van der Waals surface area contributed by atoms with Gasteiger partial charge in [-0.25, -0.2) is 0 Å². The van der Waals surface area contributed by atoms with Crippen molar-refractivity contribution in [1.29, 1.82) is 0 Å². The number of hydrogen-bond donors (Lipinski definition) is 2. The molecule has 2 aromatic carbocycles. The number of hydrogen-bond acceptors (Lipinski definition) is 5. The Bertz CT molecular complexity index is 1130. The molecule has 2 amide bonds. The summed E-state index contributed by atoms with van der Waals surface area (Å²) < 4.78 is 1.78. The molecule has 0 aliphatic rings. The summed E-state index contributed by atoms with van der Waals surface area (Å²) in [5.74, 6) is 0.0784. The standard InChI is InChI=1S/C21H18Cl3N5O2S/c1-2-10-29-17(11-25-20(31)13-6-8-14(22)9-7-13)27-28-21(29)32-12-18(30)26-16-5-3-4-15(23)19(16)24/h2-9H,1,10-12H2,(H,25,31)(H,26,30).